The number of hydrogen-bond donors (Lipinski definition) is 1. The number of halogens is 1. The molecule has 0 saturated carbocycles. The van der Waals surface area contributed by atoms with E-state index in [1.807, 2.05) is 24.3 Å². The Hall–Kier alpha value is -2.40. The van der Waals surface area contributed by atoms with Crippen molar-refractivity contribution < 1.29 is 0 Å². The van der Waals surface area contributed by atoms with Gasteiger partial charge in [0.25, 0.3) is 0 Å². The van der Waals surface area contributed by atoms with E-state index in [1.165, 1.54) is 6.33 Å². The predicted octanol–water partition coefficient (Wildman–Crippen LogP) is 2.91. The third-order valence-electron chi connectivity index (χ3n) is 2.98. The molecule has 100 valence electrons. The summed E-state index contributed by atoms with van der Waals surface area (Å²) in [4.78, 5) is 8.31. The van der Waals surface area contributed by atoms with Crippen molar-refractivity contribution in [2.24, 2.45) is 0 Å². The molecule has 0 amide bonds. The molecule has 2 N–H and O–H groups in total. The van der Waals surface area contributed by atoms with E-state index in [-0.39, 0.29) is 0 Å². The highest BCUT2D eigenvalue weighted by molar-refractivity contribution is 6.30. The fourth-order valence-electron chi connectivity index (χ4n) is 2.09. The second-order valence-electron chi connectivity index (χ2n) is 4.28. The van der Waals surface area contributed by atoms with Crippen LogP contribution >= 0.6 is 11.6 Å². The Morgan fingerprint density at radius 3 is 2.70 bits per heavy atom. The Morgan fingerprint density at radius 1 is 1.25 bits per heavy atom. The summed E-state index contributed by atoms with van der Waals surface area (Å²) in [6.45, 7) is 4.28. The predicted molar refractivity (Wildman–Crippen MR) is 80.4 cm³/mol. The van der Waals surface area contributed by atoms with E-state index in [9.17, 15) is 0 Å². The lowest BCUT2D eigenvalue weighted by Crippen LogP contribution is -1.99. The Morgan fingerprint density at radius 2 is 2.00 bits per heavy atom. The highest BCUT2D eigenvalue weighted by Gasteiger charge is 2.16. The molecule has 0 saturated heterocycles. The van der Waals surface area contributed by atoms with Crippen molar-refractivity contribution >= 4 is 28.5 Å². The van der Waals surface area contributed by atoms with Crippen LogP contribution in [0, 0.1) is 0 Å². The van der Waals surface area contributed by atoms with Crippen LogP contribution in [-0.2, 0) is 6.54 Å². The number of hydrogen-bond acceptors (Lipinski definition) is 4. The normalized spacial score (nSPS) is 10.8. The molecule has 2 heterocycles. The van der Waals surface area contributed by atoms with Crippen LogP contribution in [0.5, 0.6) is 0 Å². The molecule has 0 aliphatic heterocycles. The van der Waals surface area contributed by atoms with Gasteiger partial charge in [-0.2, -0.15) is 5.10 Å². The van der Waals surface area contributed by atoms with E-state index in [1.54, 1.807) is 10.8 Å². The molecule has 0 aliphatic rings. The molecule has 5 nitrogen and oxygen atoms in total. The van der Waals surface area contributed by atoms with Gasteiger partial charge in [0.2, 0.25) is 0 Å². The third-order valence-corrected chi connectivity index (χ3v) is 3.23. The monoisotopic (exact) mass is 285 g/mol. The van der Waals surface area contributed by atoms with Crippen LogP contribution in [-0.4, -0.2) is 19.7 Å². The molecule has 3 rings (SSSR count). The summed E-state index contributed by atoms with van der Waals surface area (Å²) >= 11 is 5.92. The summed E-state index contributed by atoms with van der Waals surface area (Å²) in [5.41, 5.74) is 8.34. The molecule has 0 spiro atoms. The Labute approximate surface area is 120 Å². The Kier molecular flexibility index (Phi) is 3.12. The number of benzene rings is 1. The van der Waals surface area contributed by atoms with Crippen LogP contribution in [0.3, 0.4) is 0 Å². The smallest absolute Gasteiger partial charge is 0.164 e. The maximum absolute atomic E-state index is 5.98. The standard InChI is InChI=1S/C14H12ClN5/c1-2-7-20-14-11(13(16)17-8-18-14)12(19-20)9-3-5-10(15)6-4-9/h2-6,8H,1,7H2,(H2,16,17,18). The molecule has 6 heteroatoms. The summed E-state index contributed by atoms with van der Waals surface area (Å²) in [5.74, 6) is 0.412. The average molecular weight is 286 g/mol. The van der Waals surface area contributed by atoms with Gasteiger partial charge in [0, 0.05) is 10.6 Å². The van der Waals surface area contributed by atoms with Crippen molar-refractivity contribution in [3.05, 3.63) is 48.3 Å². The van der Waals surface area contributed by atoms with E-state index < -0.39 is 0 Å². The summed E-state index contributed by atoms with van der Waals surface area (Å²) in [5, 5.41) is 5.98. The fourth-order valence-corrected chi connectivity index (χ4v) is 2.22. The SMILES string of the molecule is C=CCn1nc(-c2ccc(Cl)cc2)c2c(N)ncnc21. The summed E-state index contributed by atoms with van der Waals surface area (Å²) < 4.78 is 1.75. The van der Waals surface area contributed by atoms with Crippen molar-refractivity contribution in [1.82, 2.24) is 19.7 Å². The number of anilines is 1. The van der Waals surface area contributed by atoms with E-state index in [0.717, 1.165) is 16.6 Å². The first-order valence-electron chi connectivity index (χ1n) is 6.04. The first kappa shape index (κ1) is 12.6. The molecule has 0 fully saturated rings. The fraction of sp³-hybridized carbons (Fsp3) is 0.0714. The largest absolute Gasteiger partial charge is 0.383 e. The number of aromatic nitrogens is 4. The lowest BCUT2D eigenvalue weighted by molar-refractivity contribution is 0.723. The molecule has 20 heavy (non-hydrogen) atoms. The molecule has 1 aromatic carbocycles. The average Bonchev–Trinajstić information content (AvgIpc) is 2.81. The van der Waals surface area contributed by atoms with Gasteiger partial charge in [0.1, 0.15) is 17.8 Å². The number of fused-ring (bicyclic) bond motifs is 1. The zero-order valence-electron chi connectivity index (χ0n) is 10.6. The van der Waals surface area contributed by atoms with Gasteiger partial charge in [-0.1, -0.05) is 29.8 Å². The maximum Gasteiger partial charge on any atom is 0.164 e. The number of nitrogens with zero attached hydrogens (tertiary/aromatic N) is 4. The van der Waals surface area contributed by atoms with Gasteiger partial charge in [-0.05, 0) is 12.1 Å². The summed E-state index contributed by atoms with van der Waals surface area (Å²) in [6.07, 6.45) is 3.20. The van der Waals surface area contributed by atoms with Crippen molar-refractivity contribution in [2.45, 2.75) is 6.54 Å². The van der Waals surface area contributed by atoms with Crippen LogP contribution in [0.15, 0.2) is 43.2 Å². The lowest BCUT2D eigenvalue weighted by Gasteiger charge is -1.99. The van der Waals surface area contributed by atoms with Crippen LogP contribution < -0.4 is 5.73 Å². The van der Waals surface area contributed by atoms with Crippen LogP contribution in [0.25, 0.3) is 22.3 Å². The summed E-state index contributed by atoms with van der Waals surface area (Å²) in [6, 6.07) is 7.42. The number of allylic oxidation sites excluding steroid dienone is 1. The minimum atomic E-state index is 0.412. The molecule has 0 aliphatic carbocycles. The molecular weight excluding hydrogens is 274 g/mol. The quantitative estimate of drug-likeness (QED) is 0.751. The molecule has 2 aromatic heterocycles. The van der Waals surface area contributed by atoms with Crippen LogP contribution in [0.1, 0.15) is 0 Å². The third kappa shape index (κ3) is 2.02. The van der Waals surface area contributed by atoms with Crippen LogP contribution in [0.2, 0.25) is 5.02 Å². The number of rotatable bonds is 3. The van der Waals surface area contributed by atoms with Gasteiger partial charge in [0.05, 0.1) is 11.9 Å². The highest BCUT2D eigenvalue weighted by atomic mass is 35.5. The second kappa shape index (κ2) is 4.94. The summed E-state index contributed by atoms with van der Waals surface area (Å²) in [7, 11) is 0. The number of nitrogens with two attached hydrogens (primary N) is 1. The van der Waals surface area contributed by atoms with Crippen molar-refractivity contribution in [3.8, 4) is 11.3 Å². The van der Waals surface area contributed by atoms with Gasteiger partial charge in [0.15, 0.2) is 5.65 Å². The number of nitrogen functional groups attached to an aromatic ring is 1. The molecule has 0 bridgehead atoms. The first-order valence-corrected chi connectivity index (χ1v) is 6.42. The maximum atomic E-state index is 5.98. The van der Waals surface area contributed by atoms with E-state index in [0.29, 0.717) is 23.0 Å². The Bertz CT molecular complexity index is 776. The topological polar surface area (TPSA) is 69.6 Å². The van der Waals surface area contributed by atoms with E-state index >= 15 is 0 Å². The van der Waals surface area contributed by atoms with Gasteiger partial charge in [-0.25, -0.2) is 14.6 Å². The first-order chi connectivity index (χ1) is 9.70. The minimum absolute atomic E-state index is 0.412. The zero-order chi connectivity index (χ0) is 14.1. The highest BCUT2D eigenvalue weighted by Crippen LogP contribution is 2.30. The van der Waals surface area contributed by atoms with E-state index in [4.69, 9.17) is 17.3 Å². The zero-order valence-corrected chi connectivity index (χ0v) is 11.4. The van der Waals surface area contributed by atoms with Gasteiger partial charge in [-0.15, -0.1) is 6.58 Å². The lowest BCUT2D eigenvalue weighted by atomic mass is 10.1. The van der Waals surface area contributed by atoms with Crippen LogP contribution in [0.4, 0.5) is 5.82 Å². The molecule has 3 aromatic rings. The molecular formula is C14H12ClN5. The second-order valence-corrected chi connectivity index (χ2v) is 4.72. The Balaban J connectivity index is 2.29. The molecule has 0 atom stereocenters. The van der Waals surface area contributed by atoms with Crippen molar-refractivity contribution in [3.63, 3.8) is 0 Å². The van der Waals surface area contributed by atoms with Gasteiger partial charge < -0.3 is 5.73 Å². The molecule has 0 radical (unpaired) electrons. The van der Waals surface area contributed by atoms with E-state index in [2.05, 4.69) is 21.6 Å². The van der Waals surface area contributed by atoms with Gasteiger partial charge in [-0.3, -0.25) is 0 Å². The van der Waals surface area contributed by atoms with Crippen molar-refractivity contribution in [2.75, 3.05) is 5.73 Å². The minimum Gasteiger partial charge on any atom is -0.383 e. The van der Waals surface area contributed by atoms with Gasteiger partial charge >= 0.3 is 0 Å². The van der Waals surface area contributed by atoms with Crippen molar-refractivity contribution in [1.29, 1.82) is 0 Å². The molecule has 0 unspecified atom stereocenters.